The van der Waals surface area contributed by atoms with Gasteiger partial charge in [-0.15, -0.1) is 0 Å². The predicted molar refractivity (Wildman–Crippen MR) is 58.5 cm³/mol. The molecule has 0 atom stereocenters. The van der Waals surface area contributed by atoms with Crippen molar-refractivity contribution in [2.75, 3.05) is 6.61 Å². The summed E-state index contributed by atoms with van der Waals surface area (Å²) in [6.45, 7) is 1.41. The third-order valence-corrected chi connectivity index (χ3v) is 2.23. The van der Waals surface area contributed by atoms with Crippen LogP contribution in [0.4, 0.5) is 0 Å². The van der Waals surface area contributed by atoms with E-state index in [0.717, 1.165) is 13.0 Å². The highest BCUT2D eigenvalue weighted by molar-refractivity contribution is 5.13. The van der Waals surface area contributed by atoms with Crippen LogP contribution in [0.15, 0.2) is 53.3 Å². The predicted octanol–water partition coefficient (Wildman–Crippen LogP) is 3.04. The van der Waals surface area contributed by atoms with Gasteiger partial charge >= 0.3 is 0 Å². The van der Waals surface area contributed by atoms with E-state index in [2.05, 4.69) is 12.1 Å². The highest BCUT2D eigenvalue weighted by Gasteiger charge is 1.95. The maximum absolute atomic E-state index is 5.55. The third-order valence-electron chi connectivity index (χ3n) is 2.23. The molecule has 0 saturated carbocycles. The molecule has 1 heterocycles. The lowest BCUT2D eigenvalue weighted by Crippen LogP contribution is -1.97. The molecule has 0 unspecified atom stereocenters. The van der Waals surface area contributed by atoms with Crippen molar-refractivity contribution in [1.29, 1.82) is 0 Å². The molecule has 0 fully saturated rings. The first-order valence-corrected chi connectivity index (χ1v) is 5.08. The van der Waals surface area contributed by atoms with Gasteiger partial charge in [-0.3, -0.25) is 0 Å². The van der Waals surface area contributed by atoms with Crippen LogP contribution in [0, 0.1) is 0 Å². The molecule has 1 aromatic heterocycles. The van der Waals surface area contributed by atoms with Gasteiger partial charge in [0.2, 0.25) is 0 Å². The summed E-state index contributed by atoms with van der Waals surface area (Å²) >= 11 is 0. The van der Waals surface area contributed by atoms with Crippen molar-refractivity contribution < 1.29 is 9.15 Å². The molecule has 0 aliphatic rings. The van der Waals surface area contributed by atoms with Gasteiger partial charge in [0.25, 0.3) is 0 Å². The molecule has 0 amide bonds. The van der Waals surface area contributed by atoms with E-state index in [1.807, 2.05) is 24.3 Å². The summed E-state index contributed by atoms with van der Waals surface area (Å²) in [6, 6.07) is 12.2. The van der Waals surface area contributed by atoms with E-state index in [1.165, 1.54) is 11.1 Å². The normalized spacial score (nSPS) is 10.4. The molecule has 0 bridgehead atoms. The Kier molecular flexibility index (Phi) is 3.58. The zero-order valence-electron chi connectivity index (χ0n) is 8.56. The van der Waals surface area contributed by atoms with Gasteiger partial charge in [0.1, 0.15) is 0 Å². The number of benzene rings is 1. The maximum atomic E-state index is 5.55. The molecule has 2 rings (SSSR count). The Morgan fingerprint density at radius 2 is 1.87 bits per heavy atom. The summed E-state index contributed by atoms with van der Waals surface area (Å²) in [7, 11) is 0. The lowest BCUT2D eigenvalue weighted by molar-refractivity contribution is 0.124. The van der Waals surface area contributed by atoms with Crippen LogP contribution in [-0.4, -0.2) is 6.61 Å². The second kappa shape index (κ2) is 5.37. The SMILES string of the molecule is c1ccc(COCCc2ccoc2)cc1. The minimum absolute atomic E-state index is 0.679. The van der Waals surface area contributed by atoms with Crippen LogP contribution in [0.1, 0.15) is 11.1 Å². The molecule has 78 valence electrons. The van der Waals surface area contributed by atoms with Gasteiger partial charge in [0, 0.05) is 0 Å². The topological polar surface area (TPSA) is 22.4 Å². The zero-order valence-corrected chi connectivity index (χ0v) is 8.56. The average Bonchev–Trinajstić information content (AvgIpc) is 2.79. The number of ether oxygens (including phenoxy) is 1. The van der Waals surface area contributed by atoms with Gasteiger partial charge in [0.15, 0.2) is 0 Å². The van der Waals surface area contributed by atoms with Gasteiger partial charge in [0.05, 0.1) is 25.7 Å². The minimum Gasteiger partial charge on any atom is -0.472 e. The van der Waals surface area contributed by atoms with Crippen molar-refractivity contribution in [2.45, 2.75) is 13.0 Å². The Bertz CT molecular complexity index is 365. The molecule has 2 aromatic rings. The summed E-state index contributed by atoms with van der Waals surface area (Å²) in [6.07, 6.45) is 4.35. The molecule has 2 nitrogen and oxygen atoms in total. The van der Waals surface area contributed by atoms with Gasteiger partial charge in [-0.2, -0.15) is 0 Å². The molecule has 0 N–H and O–H groups in total. The summed E-state index contributed by atoms with van der Waals surface area (Å²) in [5, 5.41) is 0. The largest absolute Gasteiger partial charge is 0.472 e. The number of hydrogen-bond acceptors (Lipinski definition) is 2. The second-order valence-electron chi connectivity index (χ2n) is 3.42. The Labute approximate surface area is 89.5 Å². The molecule has 1 aromatic carbocycles. The van der Waals surface area contributed by atoms with Crippen molar-refractivity contribution >= 4 is 0 Å². The fourth-order valence-electron chi connectivity index (χ4n) is 1.39. The fraction of sp³-hybridized carbons (Fsp3) is 0.231. The second-order valence-corrected chi connectivity index (χ2v) is 3.42. The Balaban J connectivity index is 1.68. The lowest BCUT2D eigenvalue weighted by atomic mass is 10.2. The maximum Gasteiger partial charge on any atom is 0.0935 e. The van der Waals surface area contributed by atoms with E-state index in [1.54, 1.807) is 12.5 Å². The molecule has 0 aliphatic heterocycles. The summed E-state index contributed by atoms with van der Waals surface area (Å²) in [4.78, 5) is 0. The molecular formula is C13H14O2. The van der Waals surface area contributed by atoms with Crippen LogP contribution in [0.5, 0.6) is 0 Å². The van der Waals surface area contributed by atoms with Crippen molar-refractivity contribution in [3.63, 3.8) is 0 Å². The highest BCUT2D eigenvalue weighted by Crippen LogP contribution is 2.03. The monoisotopic (exact) mass is 202 g/mol. The molecule has 0 spiro atoms. The van der Waals surface area contributed by atoms with Gasteiger partial charge in [-0.05, 0) is 23.6 Å². The highest BCUT2D eigenvalue weighted by atomic mass is 16.5. The van der Waals surface area contributed by atoms with Crippen LogP contribution in [-0.2, 0) is 17.8 Å². The lowest BCUT2D eigenvalue weighted by Gasteiger charge is -2.02. The van der Waals surface area contributed by atoms with Crippen LogP contribution in [0.2, 0.25) is 0 Å². The van der Waals surface area contributed by atoms with E-state index in [0.29, 0.717) is 6.61 Å². The van der Waals surface area contributed by atoms with Crippen molar-refractivity contribution in [3.05, 3.63) is 60.1 Å². The molecule has 0 saturated heterocycles. The van der Waals surface area contributed by atoms with Crippen molar-refractivity contribution in [3.8, 4) is 0 Å². The standard InChI is InChI=1S/C13H14O2/c1-2-4-12(5-3-1)10-14-8-6-13-7-9-15-11-13/h1-5,7,9,11H,6,8,10H2. The molecule has 0 radical (unpaired) electrons. The fourth-order valence-corrected chi connectivity index (χ4v) is 1.39. The number of furan rings is 1. The van der Waals surface area contributed by atoms with Crippen LogP contribution in [0.3, 0.4) is 0 Å². The molecule has 0 aliphatic carbocycles. The molecular weight excluding hydrogens is 188 g/mol. The molecule has 2 heteroatoms. The Morgan fingerprint density at radius 1 is 1.00 bits per heavy atom. The quantitative estimate of drug-likeness (QED) is 0.695. The Morgan fingerprint density at radius 3 is 2.60 bits per heavy atom. The van der Waals surface area contributed by atoms with E-state index in [4.69, 9.17) is 9.15 Å². The van der Waals surface area contributed by atoms with E-state index >= 15 is 0 Å². The van der Waals surface area contributed by atoms with E-state index < -0.39 is 0 Å². The number of rotatable bonds is 5. The third kappa shape index (κ3) is 3.26. The van der Waals surface area contributed by atoms with Crippen LogP contribution in [0.25, 0.3) is 0 Å². The summed E-state index contributed by atoms with van der Waals surface area (Å²) < 4.78 is 10.5. The molecule has 15 heavy (non-hydrogen) atoms. The Hall–Kier alpha value is -1.54. The summed E-state index contributed by atoms with van der Waals surface area (Å²) in [5.41, 5.74) is 2.40. The van der Waals surface area contributed by atoms with Crippen molar-refractivity contribution in [2.24, 2.45) is 0 Å². The van der Waals surface area contributed by atoms with Gasteiger partial charge < -0.3 is 9.15 Å². The average molecular weight is 202 g/mol. The minimum atomic E-state index is 0.679. The van der Waals surface area contributed by atoms with Gasteiger partial charge in [-0.25, -0.2) is 0 Å². The first-order valence-electron chi connectivity index (χ1n) is 5.08. The zero-order chi connectivity index (χ0) is 10.3. The number of hydrogen-bond donors (Lipinski definition) is 0. The first-order chi connectivity index (χ1) is 7.45. The smallest absolute Gasteiger partial charge is 0.0935 e. The first kappa shape index (κ1) is 9.99. The summed E-state index contributed by atoms with van der Waals surface area (Å²) in [5.74, 6) is 0. The van der Waals surface area contributed by atoms with E-state index in [9.17, 15) is 0 Å². The van der Waals surface area contributed by atoms with Gasteiger partial charge in [-0.1, -0.05) is 30.3 Å². The van der Waals surface area contributed by atoms with Crippen LogP contribution < -0.4 is 0 Å². The van der Waals surface area contributed by atoms with Crippen LogP contribution >= 0.6 is 0 Å². The van der Waals surface area contributed by atoms with Crippen molar-refractivity contribution in [1.82, 2.24) is 0 Å². The van der Waals surface area contributed by atoms with E-state index in [-0.39, 0.29) is 0 Å².